The molecule has 0 aromatic heterocycles. The van der Waals surface area contributed by atoms with E-state index in [1.807, 2.05) is 79.7 Å². The third-order valence-electron chi connectivity index (χ3n) is 7.65. The molecule has 2 amide bonds. The Kier molecular flexibility index (Phi) is 11.0. The molecule has 1 heterocycles. The number of nitrogens with zero attached hydrogens (tertiary/aromatic N) is 2. The molecule has 2 unspecified atom stereocenters. The van der Waals surface area contributed by atoms with Crippen LogP contribution in [0.5, 0.6) is 0 Å². The fraction of sp³-hybridized carbons (Fsp3) is 0.438. The van der Waals surface area contributed by atoms with Gasteiger partial charge in [-0.2, -0.15) is 4.31 Å². The first-order valence-electron chi connectivity index (χ1n) is 14.4. The number of aliphatic hydroxyl groups excluding tert-OH is 1. The minimum Gasteiger partial charge on any atom is -0.445 e. The minimum atomic E-state index is -3.46. The maximum atomic E-state index is 12.8. The molecule has 3 aromatic rings. The topological polar surface area (TPSA) is 116 Å². The van der Waals surface area contributed by atoms with Gasteiger partial charge in [-0.3, -0.25) is 4.79 Å². The Morgan fingerprint density at radius 1 is 1.05 bits per heavy atom. The van der Waals surface area contributed by atoms with Gasteiger partial charge in [0, 0.05) is 26.1 Å². The molecule has 0 spiro atoms. The predicted molar refractivity (Wildman–Crippen MR) is 163 cm³/mol. The number of fused-ring (bicyclic) bond motifs is 1. The second-order valence-corrected chi connectivity index (χ2v) is 13.2. The van der Waals surface area contributed by atoms with Crippen LogP contribution in [0.1, 0.15) is 43.7 Å². The third-order valence-corrected chi connectivity index (χ3v) is 8.86. The molecule has 1 saturated heterocycles. The molecule has 226 valence electrons. The summed E-state index contributed by atoms with van der Waals surface area (Å²) in [6.07, 6.45) is 1.67. The van der Waals surface area contributed by atoms with E-state index in [0.717, 1.165) is 21.9 Å². The number of rotatable bonds is 11. The fourth-order valence-corrected chi connectivity index (χ4v) is 6.15. The number of carbonyl (C=O) groups is 2. The Bertz CT molecular complexity index is 1450. The summed E-state index contributed by atoms with van der Waals surface area (Å²) < 4.78 is 32.0. The van der Waals surface area contributed by atoms with Crippen molar-refractivity contribution in [1.29, 1.82) is 0 Å². The van der Waals surface area contributed by atoms with Gasteiger partial charge in [0.15, 0.2) is 0 Å². The summed E-state index contributed by atoms with van der Waals surface area (Å²) in [5.41, 5.74) is 1.79. The van der Waals surface area contributed by atoms with Crippen LogP contribution in [0.4, 0.5) is 4.79 Å². The van der Waals surface area contributed by atoms with E-state index >= 15 is 0 Å². The summed E-state index contributed by atoms with van der Waals surface area (Å²) in [6.45, 7) is 3.17. The molecule has 9 nitrogen and oxygen atoms in total. The lowest BCUT2D eigenvalue weighted by atomic mass is 10.0. The molecule has 1 aliphatic heterocycles. The number of amides is 2. The molecule has 3 aromatic carbocycles. The SMILES string of the molecule is C[C@@H](CCC(=O)NC1CCCN(C(=O)OCc2ccccc2)CC1O)CN(Cc1ccc2ccccc2c1)S(C)(=O)=O. The van der Waals surface area contributed by atoms with Gasteiger partial charge in [0.05, 0.1) is 24.9 Å². The number of likely N-dealkylation sites (tertiary alicyclic amines) is 1. The minimum absolute atomic E-state index is 0.0557. The maximum absolute atomic E-state index is 12.8. The highest BCUT2D eigenvalue weighted by Crippen LogP contribution is 2.20. The average molecular weight is 596 g/mol. The second kappa shape index (κ2) is 14.6. The number of hydrogen-bond donors (Lipinski definition) is 2. The van der Waals surface area contributed by atoms with E-state index < -0.39 is 28.3 Å². The van der Waals surface area contributed by atoms with Crippen LogP contribution in [0.3, 0.4) is 0 Å². The lowest BCUT2D eigenvalue weighted by Crippen LogP contribution is -2.47. The van der Waals surface area contributed by atoms with E-state index in [9.17, 15) is 23.1 Å². The summed E-state index contributed by atoms with van der Waals surface area (Å²) in [7, 11) is -3.46. The number of benzene rings is 3. The number of sulfonamides is 1. The monoisotopic (exact) mass is 595 g/mol. The van der Waals surface area contributed by atoms with Crippen molar-refractivity contribution in [2.45, 2.75) is 57.9 Å². The quantitative estimate of drug-likeness (QED) is 0.342. The number of nitrogens with one attached hydrogen (secondary N) is 1. The van der Waals surface area contributed by atoms with Crippen LogP contribution in [0.25, 0.3) is 10.8 Å². The summed E-state index contributed by atoms with van der Waals surface area (Å²) in [4.78, 5) is 26.8. The van der Waals surface area contributed by atoms with Crippen LogP contribution in [0.15, 0.2) is 72.8 Å². The summed E-state index contributed by atoms with van der Waals surface area (Å²) in [5, 5.41) is 15.8. The van der Waals surface area contributed by atoms with Crippen LogP contribution in [0, 0.1) is 5.92 Å². The van der Waals surface area contributed by atoms with Crippen LogP contribution in [-0.4, -0.2) is 72.8 Å². The van der Waals surface area contributed by atoms with E-state index in [0.29, 0.717) is 32.4 Å². The summed E-state index contributed by atoms with van der Waals surface area (Å²) in [5.74, 6) is -0.258. The molecule has 2 N–H and O–H groups in total. The van der Waals surface area contributed by atoms with Gasteiger partial charge in [0.2, 0.25) is 15.9 Å². The number of hydrogen-bond acceptors (Lipinski definition) is 6. The normalized spacial score (nSPS) is 18.4. The number of carbonyl (C=O) groups excluding carboxylic acids is 2. The molecule has 3 atom stereocenters. The Hall–Kier alpha value is -3.47. The van der Waals surface area contributed by atoms with Gasteiger partial charge in [-0.1, -0.05) is 73.7 Å². The molecular formula is C32H41N3O6S. The van der Waals surface area contributed by atoms with Crippen LogP contribution < -0.4 is 5.32 Å². The van der Waals surface area contributed by atoms with Crippen LogP contribution in [-0.2, 0) is 32.7 Å². The van der Waals surface area contributed by atoms with Gasteiger partial charge in [0.25, 0.3) is 0 Å². The fourth-order valence-electron chi connectivity index (χ4n) is 5.24. The third kappa shape index (κ3) is 9.27. The lowest BCUT2D eigenvalue weighted by molar-refractivity contribution is -0.123. The van der Waals surface area contributed by atoms with Crippen LogP contribution >= 0.6 is 0 Å². The largest absolute Gasteiger partial charge is 0.445 e. The maximum Gasteiger partial charge on any atom is 0.410 e. The van der Waals surface area contributed by atoms with Gasteiger partial charge >= 0.3 is 6.09 Å². The first kappa shape index (κ1) is 31.5. The number of β-amino-alcohol motifs (C(OH)–C–C–N with tert-alkyl or cyclic N) is 1. The van der Waals surface area contributed by atoms with E-state index in [2.05, 4.69) is 5.32 Å². The Balaban J connectivity index is 1.24. The molecule has 1 aliphatic rings. The van der Waals surface area contributed by atoms with Gasteiger partial charge in [-0.15, -0.1) is 0 Å². The second-order valence-electron chi connectivity index (χ2n) is 11.3. The molecule has 0 radical (unpaired) electrons. The number of ether oxygens (including phenoxy) is 1. The van der Waals surface area contributed by atoms with Crippen molar-refractivity contribution < 1.29 is 27.9 Å². The molecule has 10 heteroatoms. The van der Waals surface area contributed by atoms with Gasteiger partial charge in [-0.05, 0) is 53.1 Å². The predicted octanol–water partition coefficient (Wildman–Crippen LogP) is 4.30. The molecule has 0 aliphatic carbocycles. The molecule has 0 saturated carbocycles. The molecule has 4 rings (SSSR count). The van der Waals surface area contributed by atoms with Crippen molar-refractivity contribution in [3.63, 3.8) is 0 Å². The lowest BCUT2D eigenvalue weighted by Gasteiger charge is -2.26. The van der Waals surface area contributed by atoms with Gasteiger partial charge in [0.1, 0.15) is 6.61 Å². The van der Waals surface area contributed by atoms with Crippen molar-refractivity contribution in [1.82, 2.24) is 14.5 Å². The zero-order valence-corrected chi connectivity index (χ0v) is 25.1. The Labute approximate surface area is 248 Å². The smallest absolute Gasteiger partial charge is 0.410 e. The number of aliphatic hydroxyl groups is 1. The highest BCUT2D eigenvalue weighted by Gasteiger charge is 2.30. The highest BCUT2D eigenvalue weighted by atomic mass is 32.2. The molecule has 42 heavy (non-hydrogen) atoms. The highest BCUT2D eigenvalue weighted by molar-refractivity contribution is 7.88. The van der Waals surface area contributed by atoms with E-state index in [-0.39, 0.29) is 37.9 Å². The van der Waals surface area contributed by atoms with Crippen LogP contribution in [0.2, 0.25) is 0 Å². The summed E-state index contributed by atoms with van der Waals surface area (Å²) in [6, 6.07) is 22.8. The van der Waals surface area contributed by atoms with E-state index in [1.54, 1.807) is 0 Å². The van der Waals surface area contributed by atoms with Crippen molar-refractivity contribution >= 4 is 32.8 Å². The Morgan fingerprint density at radius 3 is 2.50 bits per heavy atom. The van der Waals surface area contributed by atoms with Crippen molar-refractivity contribution in [2.24, 2.45) is 5.92 Å². The van der Waals surface area contributed by atoms with E-state index in [1.165, 1.54) is 15.5 Å². The zero-order chi connectivity index (χ0) is 30.1. The average Bonchev–Trinajstić information content (AvgIpc) is 3.15. The Morgan fingerprint density at radius 2 is 1.76 bits per heavy atom. The molecule has 0 bridgehead atoms. The summed E-state index contributed by atoms with van der Waals surface area (Å²) >= 11 is 0. The first-order valence-corrected chi connectivity index (χ1v) is 16.3. The van der Waals surface area contributed by atoms with Gasteiger partial charge < -0.3 is 20.1 Å². The zero-order valence-electron chi connectivity index (χ0n) is 24.3. The standard InChI is InChI=1S/C32H41N3O6S/c1-24(20-35(42(2,39)40)21-26-15-16-27-11-6-7-12-28(27)19-26)14-17-31(37)33-29-13-8-18-34(22-30(29)36)32(38)41-23-25-9-4-3-5-10-25/h3-7,9-12,15-16,19,24,29-30,36H,8,13-14,17-18,20-23H2,1-2H3,(H,33,37)/t24-,29?,30?/m0/s1. The van der Waals surface area contributed by atoms with Crippen molar-refractivity contribution in [2.75, 3.05) is 25.9 Å². The van der Waals surface area contributed by atoms with Gasteiger partial charge in [-0.25, -0.2) is 13.2 Å². The molecule has 1 fully saturated rings. The van der Waals surface area contributed by atoms with Crippen molar-refractivity contribution in [3.05, 3.63) is 83.9 Å². The van der Waals surface area contributed by atoms with E-state index in [4.69, 9.17) is 4.74 Å². The molecular weight excluding hydrogens is 554 g/mol. The first-order chi connectivity index (χ1) is 20.1. The van der Waals surface area contributed by atoms with Crippen molar-refractivity contribution in [3.8, 4) is 0 Å².